The van der Waals surface area contributed by atoms with Crippen LogP contribution in [0.5, 0.6) is 0 Å². The Morgan fingerprint density at radius 1 is 1.22 bits per heavy atom. The number of rotatable bonds is 3. The van der Waals surface area contributed by atoms with Crippen LogP contribution in [0, 0.1) is 11.3 Å². The van der Waals surface area contributed by atoms with Gasteiger partial charge in [-0.2, -0.15) is 5.26 Å². The lowest BCUT2D eigenvalue weighted by Gasteiger charge is -2.34. The van der Waals surface area contributed by atoms with E-state index in [-0.39, 0.29) is 18.4 Å². The van der Waals surface area contributed by atoms with Gasteiger partial charge in [-0.3, -0.25) is 4.79 Å². The molecule has 1 aliphatic rings. The highest BCUT2D eigenvalue weighted by molar-refractivity contribution is 5.95. The second-order valence-electron chi connectivity index (χ2n) is 4.73. The first-order valence-corrected chi connectivity index (χ1v) is 6.57. The number of para-hydroxylation sites is 1. The predicted molar refractivity (Wildman–Crippen MR) is 71.0 cm³/mol. The van der Waals surface area contributed by atoms with Crippen molar-refractivity contribution in [2.75, 3.05) is 4.90 Å². The smallest absolute Gasteiger partial charge is 0.241 e. The first-order valence-electron chi connectivity index (χ1n) is 6.57. The SMILES string of the molecule is N#CCC(=O)N(c1ccccc1)C1CCCCC1. The normalized spacial score (nSPS) is 15.9. The van der Waals surface area contributed by atoms with Crippen LogP contribution in [0.1, 0.15) is 38.5 Å². The summed E-state index contributed by atoms with van der Waals surface area (Å²) in [5.41, 5.74) is 0.921. The summed E-state index contributed by atoms with van der Waals surface area (Å²) < 4.78 is 0. The average Bonchev–Trinajstić information content (AvgIpc) is 2.42. The van der Waals surface area contributed by atoms with E-state index in [0.717, 1.165) is 18.5 Å². The largest absolute Gasteiger partial charge is 0.308 e. The molecule has 0 saturated heterocycles. The highest BCUT2D eigenvalue weighted by Gasteiger charge is 2.26. The molecule has 1 aromatic carbocycles. The molecule has 0 radical (unpaired) electrons. The van der Waals surface area contributed by atoms with E-state index in [9.17, 15) is 4.79 Å². The molecule has 2 rings (SSSR count). The number of hydrogen-bond acceptors (Lipinski definition) is 2. The average molecular weight is 242 g/mol. The number of nitrogens with zero attached hydrogens (tertiary/aromatic N) is 2. The molecule has 1 aromatic rings. The van der Waals surface area contributed by atoms with Gasteiger partial charge in [0.25, 0.3) is 0 Å². The molecule has 18 heavy (non-hydrogen) atoms. The molecule has 1 aliphatic carbocycles. The van der Waals surface area contributed by atoms with E-state index < -0.39 is 0 Å². The highest BCUT2D eigenvalue weighted by Crippen LogP contribution is 2.27. The van der Waals surface area contributed by atoms with Gasteiger partial charge in [0, 0.05) is 11.7 Å². The number of amides is 1. The van der Waals surface area contributed by atoms with E-state index in [1.807, 2.05) is 41.3 Å². The molecule has 0 atom stereocenters. The lowest BCUT2D eigenvalue weighted by molar-refractivity contribution is -0.118. The van der Waals surface area contributed by atoms with Crippen molar-refractivity contribution in [1.29, 1.82) is 5.26 Å². The fourth-order valence-electron chi connectivity index (χ4n) is 2.64. The van der Waals surface area contributed by atoms with Gasteiger partial charge in [0.2, 0.25) is 5.91 Å². The Labute approximate surface area is 108 Å². The topological polar surface area (TPSA) is 44.1 Å². The van der Waals surface area contributed by atoms with Crippen molar-refractivity contribution in [3.63, 3.8) is 0 Å². The van der Waals surface area contributed by atoms with E-state index in [1.54, 1.807) is 0 Å². The van der Waals surface area contributed by atoms with E-state index in [0.29, 0.717) is 0 Å². The third-order valence-electron chi connectivity index (χ3n) is 3.47. The van der Waals surface area contributed by atoms with Crippen molar-refractivity contribution in [2.45, 2.75) is 44.6 Å². The third-order valence-corrected chi connectivity index (χ3v) is 3.47. The van der Waals surface area contributed by atoms with Crippen LogP contribution in [0.15, 0.2) is 30.3 Å². The van der Waals surface area contributed by atoms with Gasteiger partial charge in [-0.25, -0.2) is 0 Å². The van der Waals surface area contributed by atoms with Crippen molar-refractivity contribution >= 4 is 11.6 Å². The monoisotopic (exact) mass is 242 g/mol. The van der Waals surface area contributed by atoms with Gasteiger partial charge in [0.05, 0.1) is 6.07 Å². The molecule has 0 aromatic heterocycles. The van der Waals surface area contributed by atoms with Crippen LogP contribution in [0.3, 0.4) is 0 Å². The molecule has 3 heteroatoms. The maximum atomic E-state index is 12.1. The Kier molecular flexibility index (Phi) is 4.35. The fourth-order valence-corrected chi connectivity index (χ4v) is 2.64. The number of carbonyl (C=O) groups is 1. The minimum atomic E-state index is -0.0735. The number of carbonyl (C=O) groups excluding carboxylic acids is 1. The summed E-state index contributed by atoms with van der Waals surface area (Å²) >= 11 is 0. The van der Waals surface area contributed by atoms with Crippen molar-refractivity contribution < 1.29 is 4.79 Å². The van der Waals surface area contributed by atoms with Gasteiger partial charge in [-0.1, -0.05) is 37.5 Å². The molecule has 3 nitrogen and oxygen atoms in total. The van der Waals surface area contributed by atoms with Gasteiger partial charge in [0.1, 0.15) is 6.42 Å². The molecule has 0 unspecified atom stereocenters. The van der Waals surface area contributed by atoms with Crippen LogP contribution < -0.4 is 4.90 Å². The van der Waals surface area contributed by atoms with Crippen molar-refractivity contribution in [2.24, 2.45) is 0 Å². The summed E-state index contributed by atoms with van der Waals surface area (Å²) in [6.45, 7) is 0. The Balaban J connectivity index is 2.22. The maximum Gasteiger partial charge on any atom is 0.241 e. The molecule has 0 heterocycles. The number of hydrogen-bond donors (Lipinski definition) is 0. The Morgan fingerprint density at radius 3 is 2.50 bits per heavy atom. The first kappa shape index (κ1) is 12.6. The van der Waals surface area contributed by atoms with Crippen molar-refractivity contribution in [3.8, 4) is 6.07 Å². The van der Waals surface area contributed by atoms with Gasteiger partial charge in [0.15, 0.2) is 0 Å². The summed E-state index contributed by atoms with van der Waals surface area (Å²) in [5, 5.41) is 8.73. The number of anilines is 1. The zero-order valence-electron chi connectivity index (χ0n) is 10.5. The van der Waals surface area contributed by atoms with Crippen LogP contribution in [0.25, 0.3) is 0 Å². The minimum Gasteiger partial charge on any atom is -0.308 e. The number of benzene rings is 1. The van der Waals surface area contributed by atoms with Crippen LogP contribution in [-0.2, 0) is 4.79 Å². The molecule has 94 valence electrons. The Hall–Kier alpha value is -1.82. The van der Waals surface area contributed by atoms with Crippen molar-refractivity contribution in [1.82, 2.24) is 0 Å². The molecule has 0 bridgehead atoms. The fraction of sp³-hybridized carbons (Fsp3) is 0.467. The second-order valence-corrected chi connectivity index (χ2v) is 4.73. The molecular weight excluding hydrogens is 224 g/mol. The van der Waals surface area contributed by atoms with Crippen LogP contribution in [0.2, 0.25) is 0 Å². The minimum absolute atomic E-state index is 0.0363. The van der Waals surface area contributed by atoms with Gasteiger partial charge in [-0.15, -0.1) is 0 Å². The van der Waals surface area contributed by atoms with Crippen molar-refractivity contribution in [3.05, 3.63) is 30.3 Å². The first-order chi connectivity index (χ1) is 8.83. The molecule has 0 aliphatic heterocycles. The third kappa shape index (κ3) is 2.89. The Bertz CT molecular complexity index is 430. The maximum absolute atomic E-state index is 12.1. The quantitative estimate of drug-likeness (QED) is 0.816. The Morgan fingerprint density at radius 2 is 1.89 bits per heavy atom. The predicted octanol–water partition coefficient (Wildman–Crippen LogP) is 3.27. The van der Waals surface area contributed by atoms with Crippen LogP contribution >= 0.6 is 0 Å². The van der Waals surface area contributed by atoms with Gasteiger partial charge in [-0.05, 0) is 25.0 Å². The molecule has 0 spiro atoms. The summed E-state index contributed by atoms with van der Waals surface area (Å²) in [6.07, 6.45) is 5.66. The zero-order chi connectivity index (χ0) is 12.8. The molecule has 1 amide bonds. The van der Waals surface area contributed by atoms with E-state index in [2.05, 4.69) is 0 Å². The van der Waals surface area contributed by atoms with E-state index in [4.69, 9.17) is 5.26 Å². The van der Waals surface area contributed by atoms with Gasteiger partial charge < -0.3 is 4.90 Å². The van der Waals surface area contributed by atoms with Crippen LogP contribution in [-0.4, -0.2) is 11.9 Å². The summed E-state index contributed by atoms with van der Waals surface area (Å²) in [6, 6.07) is 11.9. The van der Waals surface area contributed by atoms with E-state index in [1.165, 1.54) is 19.3 Å². The van der Waals surface area contributed by atoms with Gasteiger partial charge >= 0.3 is 0 Å². The highest BCUT2D eigenvalue weighted by atomic mass is 16.2. The molecule has 1 saturated carbocycles. The van der Waals surface area contributed by atoms with E-state index >= 15 is 0 Å². The number of nitriles is 1. The summed E-state index contributed by atoms with van der Waals surface area (Å²) in [5.74, 6) is -0.0735. The lowest BCUT2D eigenvalue weighted by atomic mass is 9.93. The molecule has 1 fully saturated rings. The van der Waals surface area contributed by atoms with Crippen LogP contribution in [0.4, 0.5) is 5.69 Å². The molecular formula is C15H18N2O. The standard InChI is InChI=1S/C15H18N2O/c16-12-11-15(18)17(13-7-3-1-4-8-13)14-9-5-2-6-10-14/h1,3-4,7-8,14H,2,5-6,9-11H2. The summed E-state index contributed by atoms with van der Waals surface area (Å²) in [4.78, 5) is 14.0. The summed E-state index contributed by atoms with van der Waals surface area (Å²) in [7, 11) is 0. The second kappa shape index (κ2) is 6.20. The lowest BCUT2D eigenvalue weighted by Crippen LogP contribution is -2.41. The molecule has 0 N–H and O–H groups in total. The zero-order valence-corrected chi connectivity index (χ0v) is 10.5.